The zero-order valence-corrected chi connectivity index (χ0v) is 13.5. The molecule has 116 valence electrons. The maximum atomic E-state index is 14.3. The molecule has 0 fully saturated rings. The highest BCUT2D eigenvalue weighted by Crippen LogP contribution is 2.30. The van der Waals surface area contributed by atoms with Gasteiger partial charge in [-0.25, -0.2) is 9.37 Å². The molecule has 0 saturated heterocycles. The lowest BCUT2D eigenvalue weighted by molar-refractivity contribution is 0.111. The Morgan fingerprint density at radius 2 is 2.00 bits per heavy atom. The van der Waals surface area contributed by atoms with Crippen LogP contribution in [0.3, 0.4) is 0 Å². The molecule has 0 atom stereocenters. The van der Waals surface area contributed by atoms with Crippen LogP contribution in [0, 0.1) is 5.82 Å². The molecule has 0 aliphatic rings. The van der Waals surface area contributed by atoms with E-state index in [0.717, 1.165) is 5.56 Å². The number of halogens is 2. The number of aldehydes is 1. The van der Waals surface area contributed by atoms with Gasteiger partial charge in [0, 0.05) is 11.6 Å². The van der Waals surface area contributed by atoms with Crippen molar-refractivity contribution >= 4 is 22.2 Å². The summed E-state index contributed by atoms with van der Waals surface area (Å²) < 4.78 is 20.4. The molecule has 0 bridgehead atoms. The largest absolute Gasteiger partial charge is 0.489 e. The third-order valence-electron chi connectivity index (χ3n) is 3.23. The van der Waals surface area contributed by atoms with Crippen LogP contribution >= 0.6 is 15.9 Å². The lowest BCUT2D eigenvalue weighted by Gasteiger charge is -2.08. The lowest BCUT2D eigenvalue weighted by atomic mass is 10.1. The minimum Gasteiger partial charge on any atom is -0.489 e. The van der Waals surface area contributed by atoms with Crippen LogP contribution in [0.4, 0.5) is 4.39 Å². The van der Waals surface area contributed by atoms with Crippen molar-refractivity contribution in [1.82, 2.24) is 9.97 Å². The number of aromatic amines is 1. The van der Waals surface area contributed by atoms with Gasteiger partial charge in [0.25, 0.3) is 0 Å². The number of carbonyl (C=O) groups excluding carboxylic acids is 1. The standard InChI is InChI=1S/C17H12BrFN2O2/c18-17-16(20-15(9-22)21-17)13-7-6-12(8-14(13)19)23-10-11-4-2-1-3-5-11/h1-9H,10H2,(H,20,21). The number of carbonyl (C=O) groups is 1. The van der Waals surface area contributed by atoms with Crippen molar-refractivity contribution in [2.45, 2.75) is 6.61 Å². The van der Waals surface area contributed by atoms with Crippen LogP contribution in [-0.2, 0) is 6.61 Å². The average Bonchev–Trinajstić information content (AvgIpc) is 2.95. The van der Waals surface area contributed by atoms with Gasteiger partial charge < -0.3 is 9.72 Å². The fourth-order valence-electron chi connectivity index (χ4n) is 2.12. The molecule has 1 heterocycles. The van der Waals surface area contributed by atoms with E-state index in [4.69, 9.17) is 4.74 Å². The summed E-state index contributed by atoms with van der Waals surface area (Å²) in [6.07, 6.45) is 0.573. The monoisotopic (exact) mass is 374 g/mol. The molecule has 0 unspecified atom stereocenters. The Bertz CT molecular complexity index is 834. The first-order valence-corrected chi connectivity index (χ1v) is 7.64. The van der Waals surface area contributed by atoms with E-state index in [2.05, 4.69) is 25.9 Å². The van der Waals surface area contributed by atoms with Crippen molar-refractivity contribution < 1.29 is 13.9 Å². The summed E-state index contributed by atoms with van der Waals surface area (Å²) in [6, 6.07) is 14.2. The second kappa shape index (κ2) is 6.75. The highest BCUT2D eigenvalue weighted by Gasteiger charge is 2.14. The quantitative estimate of drug-likeness (QED) is 0.674. The van der Waals surface area contributed by atoms with Crippen LogP contribution in [0.5, 0.6) is 5.75 Å². The molecule has 0 amide bonds. The Balaban J connectivity index is 1.80. The summed E-state index contributed by atoms with van der Waals surface area (Å²) in [5.74, 6) is 0.0910. The Kier molecular flexibility index (Phi) is 4.52. The molecule has 2 aromatic carbocycles. The molecular weight excluding hydrogens is 363 g/mol. The topological polar surface area (TPSA) is 55.0 Å². The molecule has 0 radical (unpaired) electrons. The molecule has 3 rings (SSSR count). The molecule has 6 heteroatoms. The number of H-pyrrole nitrogens is 1. The van der Waals surface area contributed by atoms with Gasteiger partial charge in [-0.05, 0) is 33.6 Å². The van der Waals surface area contributed by atoms with E-state index in [0.29, 0.717) is 28.9 Å². The van der Waals surface area contributed by atoms with E-state index in [-0.39, 0.29) is 11.4 Å². The normalized spacial score (nSPS) is 10.5. The molecule has 0 aliphatic carbocycles. The van der Waals surface area contributed by atoms with Crippen LogP contribution in [0.1, 0.15) is 16.2 Å². The average molecular weight is 375 g/mol. The van der Waals surface area contributed by atoms with Crippen molar-refractivity contribution in [1.29, 1.82) is 0 Å². The maximum Gasteiger partial charge on any atom is 0.185 e. The number of nitrogens with zero attached hydrogens (tertiary/aromatic N) is 1. The van der Waals surface area contributed by atoms with Crippen LogP contribution in [-0.4, -0.2) is 16.3 Å². The number of imidazole rings is 1. The third-order valence-corrected chi connectivity index (χ3v) is 3.81. The zero-order chi connectivity index (χ0) is 16.2. The number of hydrogen-bond donors (Lipinski definition) is 1. The lowest BCUT2D eigenvalue weighted by Crippen LogP contribution is -1.96. The van der Waals surface area contributed by atoms with E-state index in [9.17, 15) is 9.18 Å². The minimum absolute atomic E-state index is 0.135. The zero-order valence-electron chi connectivity index (χ0n) is 11.9. The Hall–Kier alpha value is -2.47. The van der Waals surface area contributed by atoms with Crippen molar-refractivity contribution in [2.24, 2.45) is 0 Å². The molecular formula is C17H12BrFN2O2. The fourth-order valence-corrected chi connectivity index (χ4v) is 2.63. The summed E-state index contributed by atoms with van der Waals surface area (Å²) in [6.45, 7) is 0.362. The first-order chi connectivity index (χ1) is 11.2. The van der Waals surface area contributed by atoms with Crippen LogP contribution in [0.25, 0.3) is 11.3 Å². The molecule has 23 heavy (non-hydrogen) atoms. The number of benzene rings is 2. The van der Waals surface area contributed by atoms with E-state index in [1.807, 2.05) is 30.3 Å². The summed E-state index contributed by atoms with van der Waals surface area (Å²) in [5, 5.41) is 0. The van der Waals surface area contributed by atoms with Crippen LogP contribution in [0.15, 0.2) is 53.1 Å². The Labute approximate surface area is 140 Å². The maximum absolute atomic E-state index is 14.3. The molecule has 0 spiro atoms. The highest BCUT2D eigenvalue weighted by molar-refractivity contribution is 9.10. The third kappa shape index (κ3) is 3.48. The molecule has 3 aromatic rings. The number of nitrogens with one attached hydrogen (secondary N) is 1. The smallest absolute Gasteiger partial charge is 0.185 e. The van der Waals surface area contributed by atoms with Crippen LogP contribution < -0.4 is 4.74 Å². The fraction of sp³-hybridized carbons (Fsp3) is 0.0588. The number of hydrogen-bond acceptors (Lipinski definition) is 3. The summed E-state index contributed by atoms with van der Waals surface area (Å²) in [7, 11) is 0. The van der Waals surface area contributed by atoms with E-state index < -0.39 is 5.82 Å². The van der Waals surface area contributed by atoms with Crippen molar-refractivity contribution in [3.8, 4) is 17.0 Å². The van der Waals surface area contributed by atoms with Crippen LogP contribution in [0.2, 0.25) is 0 Å². The van der Waals surface area contributed by atoms with E-state index >= 15 is 0 Å². The number of rotatable bonds is 5. The van der Waals surface area contributed by atoms with Gasteiger partial charge in [-0.3, -0.25) is 4.79 Å². The SMILES string of the molecule is O=Cc1nc(-c2ccc(OCc3ccccc3)cc2F)c(Br)[nH]1. The van der Waals surface area contributed by atoms with Gasteiger partial charge in [0.05, 0.1) is 0 Å². The molecule has 0 aliphatic heterocycles. The minimum atomic E-state index is -0.472. The highest BCUT2D eigenvalue weighted by atomic mass is 79.9. The van der Waals surface area contributed by atoms with Gasteiger partial charge >= 0.3 is 0 Å². The second-order valence-electron chi connectivity index (χ2n) is 4.82. The van der Waals surface area contributed by atoms with Gasteiger partial charge in [-0.15, -0.1) is 0 Å². The summed E-state index contributed by atoms with van der Waals surface area (Å²) in [4.78, 5) is 17.5. The first kappa shape index (κ1) is 15.4. The van der Waals surface area contributed by atoms with Gasteiger partial charge in [-0.1, -0.05) is 30.3 Å². The van der Waals surface area contributed by atoms with E-state index in [1.54, 1.807) is 12.1 Å². The summed E-state index contributed by atoms with van der Waals surface area (Å²) >= 11 is 3.23. The molecule has 0 saturated carbocycles. The van der Waals surface area contributed by atoms with Gasteiger partial charge in [-0.2, -0.15) is 0 Å². The van der Waals surface area contributed by atoms with Crippen molar-refractivity contribution in [2.75, 3.05) is 0 Å². The molecule has 4 nitrogen and oxygen atoms in total. The van der Waals surface area contributed by atoms with E-state index in [1.165, 1.54) is 6.07 Å². The van der Waals surface area contributed by atoms with Crippen molar-refractivity contribution in [3.63, 3.8) is 0 Å². The first-order valence-electron chi connectivity index (χ1n) is 6.84. The molecule has 1 N–H and O–H groups in total. The Morgan fingerprint density at radius 1 is 1.22 bits per heavy atom. The van der Waals surface area contributed by atoms with Gasteiger partial charge in [0.2, 0.25) is 0 Å². The molecule has 1 aromatic heterocycles. The second-order valence-corrected chi connectivity index (χ2v) is 5.61. The summed E-state index contributed by atoms with van der Waals surface area (Å²) in [5.41, 5.74) is 1.63. The van der Waals surface area contributed by atoms with Crippen molar-refractivity contribution in [3.05, 3.63) is 70.3 Å². The van der Waals surface area contributed by atoms with Gasteiger partial charge in [0.15, 0.2) is 12.1 Å². The van der Waals surface area contributed by atoms with Gasteiger partial charge in [0.1, 0.15) is 28.5 Å². The predicted octanol–water partition coefficient (Wildman–Crippen LogP) is 4.37. The number of ether oxygens (including phenoxy) is 1. The predicted molar refractivity (Wildman–Crippen MR) is 87.8 cm³/mol. The number of aromatic nitrogens is 2. The Morgan fingerprint density at radius 3 is 2.65 bits per heavy atom.